The molecule has 4 heteroatoms. The number of anilines is 1. The highest BCUT2D eigenvalue weighted by atomic mass is 16.1. The van der Waals surface area contributed by atoms with Crippen molar-refractivity contribution in [3.63, 3.8) is 0 Å². The number of nitrogen functional groups attached to an aromatic ring is 1. The van der Waals surface area contributed by atoms with Crippen LogP contribution in [0.25, 0.3) is 6.08 Å². The van der Waals surface area contributed by atoms with E-state index in [1.807, 2.05) is 6.07 Å². The highest BCUT2D eigenvalue weighted by Gasteiger charge is 2.31. The van der Waals surface area contributed by atoms with Gasteiger partial charge in [-0.2, -0.15) is 0 Å². The molecule has 0 amide bonds. The van der Waals surface area contributed by atoms with Gasteiger partial charge in [0, 0.05) is 22.3 Å². The molecule has 0 heterocycles. The number of benzene rings is 3. The van der Waals surface area contributed by atoms with Crippen LogP contribution in [0.1, 0.15) is 47.8 Å². The topological polar surface area (TPSA) is 77.2 Å². The summed E-state index contributed by atoms with van der Waals surface area (Å²) in [5.41, 5.74) is 8.73. The van der Waals surface area contributed by atoms with Gasteiger partial charge in [-0.25, -0.2) is 0 Å². The lowest BCUT2D eigenvalue weighted by atomic mass is 9.82. The fourth-order valence-corrected chi connectivity index (χ4v) is 3.24. The summed E-state index contributed by atoms with van der Waals surface area (Å²) in [5, 5.41) is 0. The lowest BCUT2D eigenvalue weighted by Crippen LogP contribution is -2.22. The van der Waals surface area contributed by atoms with Gasteiger partial charge in [-0.15, -0.1) is 0 Å². The monoisotopic (exact) mass is 353 g/mol. The average molecular weight is 353 g/mol. The highest BCUT2D eigenvalue weighted by molar-refractivity contribution is 6.30. The summed E-state index contributed by atoms with van der Waals surface area (Å²) < 4.78 is 0. The molecule has 0 saturated carbocycles. The van der Waals surface area contributed by atoms with Gasteiger partial charge in [0.15, 0.2) is 17.3 Å². The number of carbonyl (C=O) groups excluding carboxylic acids is 3. The number of fused-ring (bicyclic) bond motifs is 2. The van der Waals surface area contributed by atoms with Crippen molar-refractivity contribution in [1.82, 2.24) is 0 Å². The zero-order valence-electron chi connectivity index (χ0n) is 14.3. The molecule has 0 spiro atoms. The average Bonchev–Trinajstić information content (AvgIpc) is 2.71. The Morgan fingerprint density at radius 1 is 0.741 bits per heavy atom. The third-order valence-electron chi connectivity index (χ3n) is 4.64. The number of nitrogens with two attached hydrogens (primary N) is 1. The van der Waals surface area contributed by atoms with Crippen LogP contribution in [0.5, 0.6) is 0 Å². The van der Waals surface area contributed by atoms with Gasteiger partial charge < -0.3 is 5.73 Å². The molecule has 1 aliphatic rings. The second kappa shape index (κ2) is 6.50. The Bertz CT molecular complexity index is 1130. The van der Waals surface area contributed by atoms with E-state index in [4.69, 9.17) is 5.73 Å². The van der Waals surface area contributed by atoms with E-state index in [0.29, 0.717) is 27.8 Å². The van der Waals surface area contributed by atoms with Crippen molar-refractivity contribution in [2.75, 3.05) is 5.73 Å². The number of hydrogen-bond donors (Lipinski definition) is 1. The first-order valence-corrected chi connectivity index (χ1v) is 8.46. The second-order valence-electron chi connectivity index (χ2n) is 6.26. The van der Waals surface area contributed by atoms with Crippen LogP contribution in [0, 0.1) is 0 Å². The quantitative estimate of drug-likeness (QED) is 0.344. The first kappa shape index (κ1) is 16.7. The second-order valence-corrected chi connectivity index (χ2v) is 6.26. The van der Waals surface area contributed by atoms with Crippen LogP contribution >= 0.6 is 0 Å². The molecule has 130 valence electrons. The van der Waals surface area contributed by atoms with Crippen LogP contribution in [0.15, 0.2) is 72.8 Å². The number of rotatable bonds is 3. The van der Waals surface area contributed by atoms with Crippen LogP contribution in [0.4, 0.5) is 5.69 Å². The molecular formula is C23H15NO3. The number of hydrogen-bond acceptors (Lipinski definition) is 4. The lowest BCUT2D eigenvalue weighted by Gasteiger charge is -2.19. The minimum Gasteiger partial charge on any atom is -0.398 e. The summed E-state index contributed by atoms with van der Waals surface area (Å²) in [7, 11) is 0. The van der Waals surface area contributed by atoms with Crippen LogP contribution in [0.3, 0.4) is 0 Å². The fourth-order valence-electron chi connectivity index (χ4n) is 3.24. The Labute approximate surface area is 155 Å². The Kier molecular flexibility index (Phi) is 4.01. The van der Waals surface area contributed by atoms with E-state index in [1.165, 1.54) is 6.08 Å². The molecule has 2 N–H and O–H groups in total. The van der Waals surface area contributed by atoms with Gasteiger partial charge >= 0.3 is 0 Å². The predicted molar refractivity (Wildman–Crippen MR) is 104 cm³/mol. The van der Waals surface area contributed by atoms with E-state index in [2.05, 4.69) is 0 Å². The third-order valence-corrected chi connectivity index (χ3v) is 4.64. The normalized spacial score (nSPS) is 12.7. The summed E-state index contributed by atoms with van der Waals surface area (Å²) in [4.78, 5) is 37.8. The van der Waals surface area contributed by atoms with E-state index < -0.39 is 0 Å². The minimum absolute atomic E-state index is 0.166. The van der Waals surface area contributed by atoms with Crippen molar-refractivity contribution in [2.24, 2.45) is 0 Å². The van der Waals surface area contributed by atoms with Crippen molar-refractivity contribution in [3.05, 3.63) is 106 Å². The SMILES string of the molecule is Nc1c(/C=C/C(=O)c2ccccc2)ccc2c1C(=O)c1ccccc1C2=O. The molecule has 3 aromatic carbocycles. The molecule has 4 rings (SSSR count). The van der Waals surface area contributed by atoms with E-state index in [1.54, 1.807) is 66.7 Å². The standard InChI is InChI=1S/C23H15NO3/c24-21-15(11-13-19(25)14-6-2-1-3-7-14)10-12-18-20(21)23(27)17-9-5-4-8-16(17)22(18)26/h1-13H,24H2/b13-11+. The van der Waals surface area contributed by atoms with Crippen LogP contribution < -0.4 is 5.73 Å². The molecule has 4 nitrogen and oxygen atoms in total. The van der Waals surface area contributed by atoms with Gasteiger partial charge in [-0.3, -0.25) is 14.4 Å². The number of carbonyl (C=O) groups is 3. The van der Waals surface area contributed by atoms with Crippen LogP contribution in [-0.4, -0.2) is 17.3 Å². The summed E-state index contributed by atoms with van der Waals surface area (Å²) in [5.74, 6) is -0.661. The molecule has 0 aromatic heterocycles. The van der Waals surface area contributed by atoms with Gasteiger partial charge in [-0.05, 0) is 23.8 Å². The Morgan fingerprint density at radius 2 is 1.37 bits per heavy atom. The molecule has 3 aromatic rings. The van der Waals surface area contributed by atoms with Gasteiger partial charge in [0.1, 0.15) is 0 Å². The molecule has 0 fully saturated rings. The number of ketones is 3. The molecule has 0 atom stereocenters. The van der Waals surface area contributed by atoms with Crippen molar-refractivity contribution in [1.29, 1.82) is 0 Å². The fraction of sp³-hybridized carbons (Fsp3) is 0. The van der Waals surface area contributed by atoms with E-state index in [9.17, 15) is 14.4 Å². The maximum Gasteiger partial charge on any atom is 0.196 e. The molecule has 0 aliphatic heterocycles. The molecule has 0 radical (unpaired) electrons. The first-order chi connectivity index (χ1) is 13.1. The molecule has 0 bridgehead atoms. The third kappa shape index (κ3) is 2.77. The predicted octanol–water partition coefficient (Wildman–Crippen LogP) is 3.94. The van der Waals surface area contributed by atoms with E-state index in [0.717, 1.165) is 0 Å². The summed E-state index contributed by atoms with van der Waals surface area (Å²) in [6.07, 6.45) is 2.99. The summed E-state index contributed by atoms with van der Waals surface area (Å²) in [6, 6.07) is 18.8. The van der Waals surface area contributed by atoms with Crippen molar-refractivity contribution in [3.8, 4) is 0 Å². The summed E-state index contributed by atoms with van der Waals surface area (Å²) in [6.45, 7) is 0. The smallest absolute Gasteiger partial charge is 0.196 e. The Morgan fingerprint density at radius 3 is 2.07 bits per heavy atom. The maximum atomic E-state index is 12.9. The van der Waals surface area contributed by atoms with Gasteiger partial charge in [0.25, 0.3) is 0 Å². The number of allylic oxidation sites excluding steroid dienone is 1. The van der Waals surface area contributed by atoms with E-state index in [-0.39, 0.29) is 28.6 Å². The molecule has 27 heavy (non-hydrogen) atoms. The highest BCUT2D eigenvalue weighted by Crippen LogP contribution is 2.33. The molecular weight excluding hydrogens is 338 g/mol. The minimum atomic E-state index is -0.276. The Balaban J connectivity index is 1.74. The Hall–Kier alpha value is -3.79. The van der Waals surface area contributed by atoms with Crippen molar-refractivity contribution in [2.45, 2.75) is 0 Å². The zero-order valence-corrected chi connectivity index (χ0v) is 14.3. The van der Waals surface area contributed by atoms with Gasteiger partial charge in [0.2, 0.25) is 0 Å². The maximum absolute atomic E-state index is 12.9. The molecule has 0 unspecified atom stereocenters. The van der Waals surface area contributed by atoms with Crippen LogP contribution in [-0.2, 0) is 0 Å². The first-order valence-electron chi connectivity index (χ1n) is 8.46. The van der Waals surface area contributed by atoms with Crippen molar-refractivity contribution >= 4 is 29.1 Å². The van der Waals surface area contributed by atoms with Gasteiger partial charge in [-0.1, -0.05) is 60.7 Å². The van der Waals surface area contributed by atoms with Gasteiger partial charge in [0.05, 0.1) is 11.3 Å². The largest absolute Gasteiger partial charge is 0.398 e. The van der Waals surface area contributed by atoms with Crippen molar-refractivity contribution < 1.29 is 14.4 Å². The molecule has 1 aliphatic carbocycles. The van der Waals surface area contributed by atoms with E-state index >= 15 is 0 Å². The summed E-state index contributed by atoms with van der Waals surface area (Å²) >= 11 is 0. The molecule has 0 saturated heterocycles. The lowest BCUT2D eigenvalue weighted by molar-refractivity contribution is 0.0979. The zero-order chi connectivity index (χ0) is 19.0. The van der Waals surface area contributed by atoms with Crippen LogP contribution in [0.2, 0.25) is 0 Å².